The van der Waals surface area contributed by atoms with Gasteiger partial charge in [-0.3, -0.25) is 0 Å². The van der Waals surface area contributed by atoms with Gasteiger partial charge in [-0.15, -0.1) is 0 Å². The third-order valence-electron chi connectivity index (χ3n) is 2.79. The summed E-state index contributed by atoms with van der Waals surface area (Å²) in [5.41, 5.74) is 0.491. The Labute approximate surface area is 100 Å². The molecular weight excluding hydrogens is 224 g/mol. The van der Waals surface area contributed by atoms with Crippen molar-refractivity contribution < 1.29 is 0 Å². The number of anilines is 1. The van der Waals surface area contributed by atoms with Crippen molar-refractivity contribution in [3.63, 3.8) is 0 Å². The van der Waals surface area contributed by atoms with E-state index in [-0.39, 0.29) is 0 Å². The fraction of sp³-hybridized carbons (Fsp3) is 0.455. The molecule has 0 N–H and O–H groups in total. The number of hydrogen-bond acceptors (Lipinski definition) is 4. The zero-order chi connectivity index (χ0) is 11.5. The highest BCUT2D eigenvalue weighted by atomic mass is 35.5. The van der Waals surface area contributed by atoms with Gasteiger partial charge in [-0.05, 0) is 13.1 Å². The van der Waals surface area contributed by atoms with Crippen molar-refractivity contribution in [1.29, 1.82) is 5.26 Å². The van der Waals surface area contributed by atoms with E-state index in [2.05, 4.69) is 27.9 Å². The van der Waals surface area contributed by atoms with Crippen LogP contribution in [-0.4, -0.2) is 43.1 Å². The summed E-state index contributed by atoms with van der Waals surface area (Å²) in [6.45, 7) is 3.79. The maximum absolute atomic E-state index is 8.89. The van der Waals surface area contributed by atoms with Gasteiger partial charge < -0.3 is 9.80 Å². The lowest BCUT2D eigenvalue weighted by Gasteiger charge is -2.33. The summed E-state index contributed by atoms with van der Waals surface area (Å²) >= 11 is 6.14. The lowest BCUT2D eigenvalue weighted by atomic mass is 10.2. The Balaban J connectivity index is 2.24. The van der Waals surface area contributed by atoms with Gasteiger partial charge in [0.15, 0.2) is 0 Å². The van der Waals surface area contributed by atoms with Crippen molar-refractivity contribution >= 4 is 17.4 Å². The van der Waals surface area contributed by atoms with Crippen LogP contribution in [0.15, 0.2) is 12.3 Å². The second-order valence-electron chi connectivity index (χ2n) is 3.90. The number of halogens is 1. The summed E-state index contributed by atoms with van der Waals surface area (Å²) in [7, 11) is 2.10. The molecule has 2 heterocycles. The molecule has 1 aliphatic heterocycles. The largest absolute Gasteiger partial charge is 0.353 e. The molecule has 1 fully saturated rings. The third-order valence-corrected chi connectivity index (χ3v) is 3.17. The van der Waals surface area contributed by atoms with Crippen molar-refractivity contribution in [2.75, 3.05) is 38.1 Å². The van der Waals surface area contributed by atoms with Crippen LogP contribution in [0.2, 0.25) is 5.02 Å². The summed E-state index contributed by atoms with van der Waals surface area (Å²) in [5, 5.41) is 9.36. The van der Waals surface area contributed by atoms with Crippen molar-refractivity contribution in [2.45, 2.75) is 0 Å². The molecule has 0 spiro atoms. The average Bonchev–Trinajstić information content (AvgIpc) is 2.31. The van der Waals surface area contributed by atoms with Crippen LogP contribution in [0.3, 0.4) is 0 Å². The highest BCUT2D eigenvalue weighted by Gasteiger charge is 2.18. The molecule has 0 saturated carbocycles. The van der Waals surface area contributed by atoms with Crippen LogP contribution in [0.5, 0.6) is 0 Å². The Bertz CT molecular complexity index is 418. The van der Waals surface area contributed by atoms with Gasteiger partial charge in [0.1, 0.15) is 16.9 Å². The lowest BCUT2D eigenvalue weighted by molar-refractivity contribution is 0.312. The second kappa shape index (κ2) is 4.69. The van der Waals surface area contributed by atoms with Crippen molar-refractivity contribution in [3.8, 4) is 6.07 Å². The Morgan fingerprint density at radius 2 is 2.06 bits per heavy atom. The second-order valence-corrected chi connectivity index (χ2v) is 4.28. The molecule has 0 unspecified atom stereocenters. The molecule has 0 aliphatic carbocycles. The fourth-order valence-electron chi connectivity index (χ4n) is 1.76. The summed E-state index contributed by atoms with van der Waals surface area (Å²) < 4.78 is 0. The molecule has 0 atom stereocenters. The SMILES string of the molecule is CN1CCN(c2nccc(C#N)c2Cl)CC1. The van der Waals surface area contributed by atoms with Gasteiger partial charge in [0, 0.05) is 32.4 Å². The molecule has 0 bridgehead atoms. The molecule has 4 nitrogen and oxygen atoms in total. The van der Waals surface area contributed by atoms with Gasteiger partial charge in [-0.1, -0.05) is 11.6 Å². The normalized spacial score (nSPS) is 17.2. The Kier molecular flexibility index (Phi) is 3.28. The van der Waals surface area contributed by atoms with Gasteiger partial charge in [0.2, 0.25) is 0 Å². The van der Waals surface area contributed by atoms with Gasteiger partial charge in [-0.25, -0.2) is 4.98 Å². The first-order valence-electron chi connectivity index (χ1n) is 5.20. The van der Waals surface area contributed by atoms with Gasteiger partial charge in [-0.2, -0.15) is 5.26 Å². The van der Waals surface area contributed by atoms with E-state index in [0.29, 0.717) is 10.6 Å². The molecule has 0 radical (unpaired) electrons. The van der Waals surface area contributed by atoms with Crippen molar-refractivity contribution in [1.82, 2.24) is 9.88 Å². The van der Waals surface area contributed by atoms with Crippen LogP contribution in [0.4, 0.5) is 5.82 Å². The molecular formula is C11H13ClN4. The number of likely N-dealkylation sites (N-methyl/N-ethyl adjacent to an activating group) is 1. The van der Waals surface area contributed by atoms with Crippen LogP contribution >= 0.6 is 11.6 Å². The minimum atomic E-state index is 0.467. The molecule has 1 aromatic heterocycles. The average molecular weight is 237 g/mol. The molecule has 0 aromatic carbocycles. The number of pyridine rings is 1. The van der Waals surface area contributed by atoms with E-state index in [0.717, 1.165) is 32.0 Å². The smallest absolute Gasteiger partial charge is 0.148 e. The highest BCUT2D eigenvalue weighted by Crippen LogP contribution is 2.26. The third kappa shape index (κ3) is 2.11. The summed E-state index contributed by atoms with van der Waals surface area (Å²) in [6, 6.07) is 3.72. The predicted octanol–water partition coefficient (Wildman–Crippen LogP) is 1.36. The molecule has 1 aromatic rings. The van der Waals surface area contributed by atoms with Crippen LogP contribution in [0.1, 0.15) is 5.56 Å². The van der Waals surface area contributed by atoms with Gasteiger partial charge in [0.25, 0.3) is 0 Å². The molecule has 2 rings (SSSR count). The molecule has 1 saturated heterocycles. The van der Waals surface area contributed by atoms with E-state index in [1.807, 2.05) is 0 Å². The number of piperazine rings is 1. The highest BCUT2D eigenvalue weighted by molar-refractivity contribution is 6.34. The van der Waals surface area contributed by atoms with E-state index < -0.39 is 0 Å². The van der Waals surface area contributed by atoms with Crippen molar-refractivity contribution in [3.05, 3.63) is 22.8 Å². The van der Waals surface area contributed by atoms with Crippen molar-refractivity contribution in [2.24, 2.45) is 0 Å². The van der Waals surface area contributed by atoms with Crippen LogP contribution in [0, 0.1) is 11.3 Å². The maximum Gasteiger partial charge on any atom is 0.148 e. The minimum Gasteiger partial charge on any atom is -0.353 e. The van der Waals surface area contributed by atoms with E-state index in [9.17, 15) is 0 Å². The summed E-state index contributed by atoms with van der Waals surface area (Å²) in [6.07, 6.45) is 1.64. The van der Waals surface area contributed by atoms with Gasteiger partial charge in [0.05, 0.1) is 5.56 Å². The predicted molar refractivity (Wildman–Crippen MR) is 63.7 cm³/mol. The van der Waals surface area contributed by atoms with Crippen LogP contribution in [-0.2, 0) is 0 Å². The van der Waals surface area contributed by atoms with E-state index in [1.54, 1.807) is 12.3 Å². The number of nitrogens with zero attached hydrogens (tertiary/aromatic N) is 4. The van der Waals surface area contributed by atoms with E-state index in [1.165, 1.54) is 0 Å². The first-order chi connectivity index (χ1) is 7.72. The zero-order valence-corrected chi connectivity index (χ0v) is 9.91. The Hall–Kier alpha value is -1.31. The zero-order valence-electron chi connectivity index (χ0n) is 9.15. The number of hydrogen-bond donors (Lipinski definition) is 0. The summed E-state index contributed by atoms with van der Waals surface area (Å²) in [5.74, 6) is 0.730. The summed E-state index contributed by atoms with van der Waals surface area (Å²) in [4.78, 5) is 8.65. The molecule has 84 valence electrons. The van der Waals surface area contributed by atoms with E-state index >= 15 is 0 Å². The molecule has 5 heteroatoms. The first-order valence-corrected chi connectivity index (χ1v) is 5.58. The molecule has 16 heavy (non-hydrogen) atoms. The standard InChI is InChI=1S/C11H13ClN4/c1-15-4-6-16(7-5-15)11-10(12)9(8-13)2-3-14-11/h2-3H,4-7H2,1H3. The topological polar surface area (TPSA) is 43.2 Å². The van der Waals surface area contributed by atoms with Crippen LogP contribution < -0.4 is 4.90 Å². The molecule has 1 aliphatic rings. The Morgan fingerprint density at radius 3 is 2.69 bits per heavy atom. The number of aromatic nitrogens is 1. The fourth-order valence-corrected chi connectivity index (χ4v) is 2.03. The number of nitriles is 1. The monoisotopic (exact) mass is 236 g/mol. The minimum absolute atomic E-state index is 0.467. The van der Waals surface area contributed by atoms with Gasteiger partial charge >= 0.3 is 0 Å². The number of rotatable bonds is 1. The first kappa shape index (κ1) is 11.2. The lowest BCUT2D eigenvalue weighted by Crippen LogP contribution is -2.45. The maximum atomic E-state index is 8.89. The van der Waals surface area contributed by atoms with Crippen LogP contribution in [0.25, 0.3) is 0 Å². The Morgan fingerprint density at radius 1 is 1.38 bits per heavy atom. The van der Waals surface area contributed by atoms with E-state index in [4.69, 9.17) is 16.9 Å². The molecule has 0 amide bonds. The quantitative estimate of drug-likeness (QED) is 0.739.